The van der Waals surface area contributed by atoms with Crippen molar-refractivity contribution in [2.75, 3.05) is 23.9 Å². The molecule has 0 N–H and O–H groups in total. The number of carbonyl (C=O) groups is 2. The fraction of sp³-hybridized carbons (Fsp3) is 0.652. The van der Waals surface area contributed by atoms with Gasteiger partial charge in [-0.05, 0) is 64.5 Å². The Bertz CT molecular complexity index is 696. The number of nitrogens with zero attached hydrogens (tertiary/aromatic N) is 2. The lowest BCUT2D eigenvalue weighted by Crippen LogP contribution is -2.65. The molecule has 1 aromatic carbocycles. The Morgan fingerprint density at radius 1 is 1.14 bits per heavy atom. The highest BCUT2D eigenvalue weighted by molar-refractivity contribution is 6.17. The van der Waals surface area contributed by atoms with Gasteiger partial charge in [-0.15, -0.1) is 11.6 Å². The monoisotopic (exact) mass is 420 g/mol. The molecule has 0 unspecified atom stereocenters. The van der Waals surface area contributed by atoms with Gasteiger partial charge in [0.05, 0.1) is 12.0 Å². The number of amides is 2. The molecule has 3 rings (SSSR count). The predicted molar refractivity (Wildman–Crippen MR) is 116 cm³/mol. The van der Waals surface area contributed by atoms with Crippen molar-refractivity contribution in [2.24, 2.45) is 11.8 Å². The fourth-order valence-electron chi connectivity index (χ4n) is 4.50. The van der Waals surface area contributed by atoms with E-state index in [0.717, 1.165) is 37.8 Å². The average molecular weight is 421 g/mol. The van der Waals surface area contributed by atoms with Crippen LogP contribution in [-0.4, -0.2) is 47.5 Å². The normalized spacial score (nSPS) is 23.1. The molecule has 0 spiro atoms. The molecule has 0 bridgehead atoms. The van der Waals surface area contributed by atoms with Crippen LogP contribution in [0.2, 0.25) is 0 Å². The molecule has 2 fully saturated rings. The number of likely N-dealkylation sites (tertiary alicyclic amines) is 1. The second-order valence-corrected chi connectivity index (χ2v) is 9.51. The molecular formula is C23H33ClN2O3. The molecule has 5 nitrogen and oxygen atoms in total. The topological polar surface area (TPSA) is 49.9 Å². The van der Waals surface area contributed by atoms with Gasteiger partial charge in [0, 0.05) is 24.7 Å². The molecule has 29 heavy (non-hydrogen) atoms. The SMILES string of the molecule is CC(C)(C)OC(=O)N1CCC([C@H]2[C@H](CCCCCl)C(=O)N2c2ccccc2)CC1. The summed E-state index contributed by atoms with van der Waals surface area (Å²) in [5, 5.41) is 0. The summed E-state index contributed by atoms with van der Waals surface area (Å²) in [7, 11) is 0. The number of hydrogen-bond donors (Lipinski definition) is 0. The van der Waals surface area contributed by atoms with Crippen molar-refractivity contribution in [1.29, 1.82) is 0 Å². The van der Waals surface area contributed by atoms with E-state index in [1.54, 1.807) is 4.90 Å². The third-order valence-electron chi connectivity index (χ3n) is 5.87. The number of hydrogen-bond acceptors (Lipinski definition) is 3. The van der Waals surface area contributed by atoms with Crippen LogP contribution in [0.15, 0.2) is 30.3 Å². The summed E-state index contributed by atoms with van der Waals surface area (Å²) in [4.78, 5) is 29.1. The number of ether oxygens (including phenoxy) is 1. The first-order chi connectivity index (χ1) is 13.8. The number of rotatable bonds is 6. The zero-order chi connectivity index (χ0) is 21.0. The summed E-state index contributed by atoms with van der Waals surface area (Å²) in [5.41, 5.74) is 0.497. The van der Waals surface area contributed by atoms with E-state index in [0.29, 0.717) is 24.9 Å². The summed E-state index contributed by atoms with van der Waals surface area (Å²) >= 11 is 5.84. The van der Waals surface area contributed by atoms with E-state index >= 15 is 0 Å². The van der Waals surface area contributed by atoms with Gasteiger partial charge in [0.25, 0.3) is 0 Å². The van der Waals surface area contributed by atoms with Gasteiger partial charge in [-0.25, -0.2) is 4.79 Å². The van der Waals surface area contributed by atoms with Gasteiger partial charge in [-0.3, -0.25) is 4.79 Å². The Hall–Kier alpha value is -1.75. The third-order valence-corrected chi connectivity index (χ3v) is 6.14. The first-order valence-corrected chi connectivity index (χ1v) is 11.3. The highest BCUT2D eigenvalue weighted by atomic mass is 35.5. The highest BCUT2D eigenvalue weighted by Gasteiger charge is 2.51. The van der Waals surface area contributed by atoms with Crippen LogP contribution in [0.3, 0.4) is 0 Å². The summed E-state index contributed by atoms with van der Waals surface area (Å²) < 4.78 is 5.52. The predicted octanol–water partition coefficient (Wildman–Crippen LogP) is 5.07. The Labute approximate surface area is 179 Å². The maximum Gasteiger partial charge on any atom is 0.410 e. The highest BCUT2D eigenvalue weighted by Crippen LogP contribution is 2.42. The van der Waals surface area contributed by atoms with Crippen molar-refractivity contribution < 1.29 is 14.3 Å². The molecule has 2 saturated heterocycles. The van der Waals surface area contributed by atoms with Gasteiger partial charge in [0.15, 0.2) is 0 Å². The summed E-state index contributed by atoms with van der Waals surface area (Å²) in [5.74, 6) is 1.33. The second kappa shape index (κ2) is 9.38. The molecule has 0 saturated carbocycles. The van der Waals surface area contributed by atoms with Crippen molar-refractivity contribution in [2.45, 2.75) is 64.5 Å². The van der Waals surface area contributed by atoms with E-state index in [-0.39, 0.29) is 24.0 Å². The number of benzene rings is 1. The van der Waals surface area contributed by atoms with Crippen molar-refractivity contribution in [1.82, 2.24) is 4.90 Å². The minimum atomic E-state index is -0.480. The zero-order valence-electron chi connectivity index (χ0n) is 17.8. The molecule has 0 radical (unpaired) electrons. The van der Waals surface area contributed by atoms with Crippen molar-refractivity contribution >= 4 is 29.3 Å². The number of β-lactam (4-membered cyclic amide) rings is 1. The van der Waals surface area contributed by atoms with Gasteiger partial charge in [-0.2, -0.15) is 0 Å². The van der Waals surface area contributed by atoms with Gasteiger partial charge in [-0.1, -0.05) is 24.6 Å². The Morgan fingerprint density at radius 2 is 1.79 bits per heavy atom. The number of halogens is 1. The lowest BCUT2D eigenvalue weighted by Gasteiger charge is -2.52. The molecular weight excluding hydrogens is 388 g/mol. The van der Waals surface area contributed by atoms with Crippen LogP contribution in [-0.2, 0) is 9.53 Å². The van der Waals surface area contributed by atoms with Crippen LogP contribution in [0, 0.1) is 11.8 Å². The molecule has 2 aliphatic rings. The molecule has 2 amide bonds. The minimum Gasteiger partial charge on any atom is -0.444 e. The number of anilines is 1. The quantitative estimate of drug-likeness (QED) is 0.366. The Balaban J connectivity index is 1.66. The van der Waals surface area contributed by atoms with Crippen LogP contribution in [0.5, 0.6) is 0 Å². The summed E-state index contributed by atoms with van der Waals surface area (Å²) in [6.45, 7) is 7.03. The fourth-order valence-corrected chi connectivity index (χ4v) is 4.69. The Kier molecular flexibility index (Phi) is 7.10. The number of para-hydroxylation sites is 1. The van der Waals surface area contributed by atoms with Crippen LogP contribution in [0.25, 0.3) is 0 Å². The van der Waals surface area contributed by atoms with Crippen LogP contribution in [0.1, 0.15) is 52.9 Å². The van der Waals surface area contributed by atoms with Crippen molar-refractivity contribution in [3.05, 3.63) is 30.3 Å². The number of unbranched alkanes of at least 4 members (excludes halogenated alkanes) is 1. The molecule has 1 aromatic rings. The summed E-state index contributed by atoms with van der Waals surface area (Å²) in [6, 6.07) is 10.2. The second-order valence-electron chi connectivity index (χ2n) is 9.13. The van der Waals surface area contributed by atoms with Crippen molar-refractivity contribution in [3.63, 3.8) is 0 Å². The standard InChI is InChI=1S/C23H33ClN2O3/c1-23(2,3)29-22(28)25-15-12-17(13-16-25)20-19(11-7-8-14-24)21(27)26(20)18-9-5-4-6-10-18/h4-6,9-10,17,19-20H,7-8,11-16H2,1-3H3/t19-,20-/m0/s1. The van der Waals surface area contributed by atoms with Crippen molar-refractivity contribution in [3.8, 4) is 0 Å². The van der Waals surface area contributed by atoms with E-state index in [4.69, 9.17) is 16.3 Å². The summed E-state index contributed by atoms with van der Waals surface area (Å²) in [6.07, 6.45) is 4.38. The van der Waals surface area contributed by atoms with Gasteiger partial charge >= 0.3 is 6.09 Å². The van der Waals surface area contributed by atoms with E-state index in [2.05, 4.69) is 0 Å². The van der Waals surface area contributed by atoms with Crippen LogP contribution in [0.4, 0.5) is 10.5 Å². The number of alkyl halides is 1. The number of piperidine rings is 1. The first kappa shape index (κ1) is 21.9. The molecule has 0 aromatic heterocycles. The Morgan fingerprint density at radius 3 is 2.38 bits per heavy atom. The van der Waals surface area contributed by atoms with Crippen LogP contribution < -0.4 is 4.90 Å². The van der Waals surface area contributed by atoms with Gasteiger partial charge in [0.2, 0.25) is 5.91 Å². The number of carbonyl (C=O) groups excluding carboxylic acids is 2. The molecule has 6 heteroatoms. The third kappa shape index (κ3) is 5.25. The molecule has 0 aliphatic carbocycles. The lowest BCUT2D eigenvalue weighted by molar-refractivity contribution is -0.132. The van der Waals surface area contributed by atoms with Gasteiger partial charge in [0.1, 0.15) is 5.60 Å². The smallest absolute Gasteiger partial charge is 0.410 e. The molecule has 2 atom stereocenters. The van der Waals surface area contributed by atoms with E-state index < -0.39 is 5.60 Å². The molecule has 2 heterocycles. The largest absolute Gasteiger partial charge is 0.444 e. The maximum absolute atomic E-state index is 12.9. The van der Waals surface area contributed by atoms with E-state index in [1.807, 2.05) is 56.0 Å². The molecule has 160 valence electrons. The zero-order valence-corrected chi connectivity index (χ0v) is 18.5. The van der Waals surface area contributed by atoms with Gasteiger partial charge < -0.3 is 14.5 Å². The lowest BCUT2D eigenvalue weighted by atomic mass is 9.72. The van der Waals surface area contributed by atoms with E-state index in [1.165, 1.54) is 0 Å². The average Bonchev–Trinajstić information content (AvgIpc) is 2.68. The first-order valence-electron chi connectivity index (χ1n) is 10.7. The van der Waals surface area contributed by atoms with E-state index in [9.17, 15) is 9.59 Å². The molecule has 2 aliphatic heterocycles. The maximum atomic E-state index is 12.9. The minimum absolute atomic E-state index is 0.0662. The van der Waals surface area contributed by atoms with Crippen LogP contribution >= 0.6 is 11.6 Å².